The Morgan fingerprint density at radius 2 is 1.94 bits per heavy atom. The van der Waals surface area contributed by atoms with Crippen LogP contribution in [0, 0.1) is 5.41 Å². The van der Waals surface area contributed by atoms with Crippen LogP contribution < -0.4 is 10.6 Å². The summed E-state index contributed by atoms with van der Waals surface area (Å²) in [5.41, 5.74) is 2.32. The molecule has 2 atom stereocenters. The van der Waals surface area contributed by atoms with E-state index in [9.17, 15) is 4.79 Å². The molecular weight excluding hydrogens is 410 g/mol. The van der Waals surface area contributed by atoms with Crippen LogP contribution in [0.3, 0.4) is 0 Å². The molecule has 0 aromatic heterocycles. The van der Waals surface area contributed by atoms with Crippen LogP contribution in [0.2, 0.25) is 0 Å². The molecule has 0 aromatic carbocycles. The molecule has 5 nitrogen and oxygen atoms in total. The number of hydrogen-bond acceptors (Lipinski definition) is 4. The van der Waals surface area contributed by atoms with Crippen molar-refractivity contribution in [1.29, 1.82) is 0 Å². The van der Waals surface area contributed by atoms with Gasteiger partial charge < -0.3 is 20.3 Å². The van der Waals surface area contributed by atoms with Crippen molar-refractivity contribution in [2.45, 2.75) is 85.1 Å². The Labute approximate surface area is 203 Å². The second kappa shape index (κ2) is 16.6. The number of allylic oxidation sites excluding steroid dienone is 4. The fraction of sp³-hybridized carbons (Fsp3) is 0.679. The number of methoxy groups -OCH3 is 1. The lowest BCUT2D eigenvalue weighted by atomic mass is 9.69. The van der Waals surface area contributed by atoms with Crippen LogP contribution in [0.1, 0.15) is 79.1 Å². The molecule has 0 aromatic rings. The summed E-state index contributed by atoms with van der Waals surface area (Å²) in [6.45, 7) is 11.0. The van der Waals surface area contributed by atoms with Gasteiger partial charge in [-0.15, -0.1) is 0 Å². The molecule has 2 N–H and O–H groups in total. The van der Waals surface area contributed by atoms with E-state index < -0.39 is 0 Å². The molecule has 1 heterocycles. The van der Waals surface area contributed by atoms with Crippen LogP contribution in [-0.4, -0.2) is 50.7 Å². The zero-order valence-electron chi connectivity index (χ0n) is 22.1. The van der Waals surface area contributed by atoms with Gasteiger partial charge in [-0.3, -0.25) is 4.79 Å². The summed E-state index contributed by atoms with van der Waals surface area (Å²) in [7, 11) is 3.62. The standard InChI is InChI=1S/C20H30N2O.C6H13NO.C2H6/c1-20-13-4-3-10-18(20)22(15-6-5-14-20)19(23)16-8-7-9-17(21-2)12-11-16;1-3-4-7-5-6-8-2;1-2/h7-8,11-12,18,21H,3-6,9-10,13-15H2,1-2H3;3-4,7H,5-6H2,1-2H3;1-2H3/b;4-3-;. The van der Waals surface area contributed by atoms with Crippen molar-refractivity contribution in [3.8, 4) is 0 Å². The molecule has 0 bridgehead atoms. The fourth-order valence-electron chi connectivity index (χ4n) is 4.90. The topological polar surface area (TPSA) is 53.6 Å². The van der Waals surface area contributed by atoms with Gasteiger partial charge in [0.15, 0.2) is 0 Å². The summed E-state index contributed by atoms with van der Waals surface area (Å²) in [4.78, 5) is 15.4. The lowest BCUT2D eigenvalue weighted by molar-refractivity contribution is -0.132. The molecule has 2 unspecified atom stereocenters. The molecule has 188 valence electrons. The first-order valence-electron chi connectivity index (χ1n) is 13.0. The first-order valence-corrected chi connectivity index (χ1v) is 13.0. The third-order valence-corrected chi connectivity index (χ3v) is 6.72. The minimum absolute atomic E-state index is 0.231. The van der Waals surface area contributed by atoms with Gasteiger partial charge in [-0.25, -0.2) is 0 Å². The van der Waals surface area contributed by atoms with E-state index in [0.717, 1.165) is 43.8 Å². The van der Waals surface area contributed by atoms with E-state index in [1.165, 1.54) is 38.5 Å². The molecule has 5 heteroatoms. The summed E-state index contributed by atoms with van der Waals surface area (Å²) < 4.78 is 4.79. The number of amides is 1. The highest BCUT2D eigenvalue weighted by molar-refractivity contribution is 5.97. The van der Waals surface area contributed by atoms with Gasteiger partial charge in [0.2, 0.25) is 0 Å². The first-order chi connectivity index (χ1) is 16.1. The van der Waals surface area contributed by atoms with Crippen molar-refractivity contribution in [2.24, 2.45) is 5.41 Å². The number of nitrogens with one attached hydrogen (secondary N) is 2. The number of hydrogen-bond donors (Lipinski definition) is 2. The minimum atomic E-state index is 0.231. The average molecular weight is 460 g/mol. The van der Waals surface area contributed by atoms with Crippen LogP contribution in [0.25, 0.3) is 0 Å². The van der Waals surface area contributed by atoms with E-state index in [4.69, 9.17) is 4.74 Å². The van der Waals surface area contributed by atoms with Gasteiger partial charge in [0.05, 0.1) is 6.61 Å². The smallest absolute Gasteiger partial charge is 0.254 e. The van der Waals surface area contributed by atoms with Gasteiger partial charge in [0, 0.05) is 51.0 Å². The number of likely N-dealkylation sites (tertiary alicyclic amines) is 1. The molecule has 0 radical (unpaired) electrons. The fourth-order valence-corrected chi connectivity index (χ4v) is 4.90. The first kappa shape index (κ1) is 29.0. The SMILES string of the molecule is C/C=C\NCCOC.CC.CNC1=CC=C(C(=O)N2CCCCC3(C)CCCCC23)C=CC1. The second-order valence-corrected chi connectivity index (χ2v) is 8.99. The zero-order valence-corrected chi connectivity index (χ0v) is 22.1. The zero-order chi connectivity index (χ0) is 24.5. The normalized spacial score (nSPS) is 24.5. The number of fused-ring (bicyclic) bond motifs is 1. The maximum atomic E-state index is 13.2. The van der Waals surface area contributed by atoms with Gasteiger partial charge in [0.25, 0.3) is 5.91 Å². The summed E-state index contributed by atoms with van der Waals surface area (Å²) in [6.07, 6.45) is 21.6. The van der Waals surface area contributed by atoms with Crippen molar-refractivity contribution < 1.29 is 9.53 Å². The number of nitrogens with zero attached hydrogens (tertiary/aromatic N) is 1. The Balaban J connectivity index is 0.000000464. The van der Waals surface area contributed by atoms with Crippen molar-refractivity contribution in [1.82, 2.24) is 15.5 Å². The molecule has 1 saturated heterocycles. The molecule has 3 aliphatic rings. The maximum Gasteiger partial charge on any atom is 0.254 e. The van der Waals surface area contributed by atoms with Gasteiger partial charge in [-0.1, -0.05) is 58.3 Å². The Bertz CT molecular complexity index is 681. The third-order valence-electron chi connectivity index (χ3n) is 6.72. The largest absolute Gasteiger partial charge is 0.391 e. The van der Waals surface area contributed by atoms with Gasteiger partial charge >= 0.3 is 0 Å². The molecule has 0 spiro atoms. The molecule has 33 heavy (non-hydrogen) atoms. The molecule has 1 aliphatic heterocycles. The van der Waals surface area contributed by atoms with Crippen LogP contribution in [0.4, 0.5) is 0 Å². The highest BCUT2D eigenvalue weighted by Crippen LogP contribution is 2.45. The van der Waals surface area contributed by atoms with Crippen LogP contribution >= 0.6 is 0 Å². The lowest BCUT2D eigenvalue weighted by Gasteiger charge is -2.46. The molecular formula is C28H49N3O2. The van der Waals surface area contributed by atoms with Crippen LogP contribution in [0.15, 0.2) is 47.9 Å². The van der Waals surface area contributed by atoms with E-state index >= 15 is 0 Å². The number of ether oxygens (including phenoxy) is 1. The van der Waals surface area contributed by atoms with Gasteiger partial charge in [-0.05, 0) is 56.4 Å². The van der Waals surface area contributed by atoms with E-state index in [1.807, 2.05) is 58.3 Å². The Morgan fingerprint density at radius 3 is 2.61 bits per heavy atom. The number of carbonyl (C=O) groups excluding carboxylic acids is 1. The molecule has 3 rings (SSSR count). The third kappa shape index (κ3) is 9.40. The highest BCUT2D eigenvalue weighted by Gasteiger charge is 2.42. The van der Waals surface area contributed by atoms with Crippen molar-refractivity contribution in [3.63, 3.8) is 0 Å². The monoisotopic (exact) mass is 459 g/mol. The lowest BCUT2D eigenvalue weighted by Crippen LogP contribution is -2.50. The number of carbonyl (C=O) groups is 1. The summed E-state index contributed by atoms with van der Waals surface area (Å²) in [5, 5.41) is 6.22. The Morgan fingerprint density at radius 1 is 1.21 bits per heavy atom. The Hall–Kier alpha value is -2.01. The molecule has 1 saturated carbocycles. The van der Waals surface area contributed by atoms with Crippen molar-refractivity contribution in [2.75, 3.05) is 33.9 Å². The van der Waals surface area contributed by atoms with Gasteiger partial charge in [-0.2, -0.15) is 0 Å². The molecule has 2 fully saturated rings. The van der Waals surface area contributed by atoms with Crippen molar-refractivity contribution >= 4 is 5.91 Å². The van der Waals surface area contributed by atoms with E-state index in [0.29, 0.717) is 11.5 Å². The molecule has 1 amide bonds. The van der Waals surface area contributed by atoms with E-state index in [2.05, 4.69) is 28.5 Å². The maximum absolute atomic E-state index is 13.2. The summed E-state index contributed by atoms with van der Waals surface area (Å²) >= 11 is 0. The second-order valence-electron chi connectivity index (χ2n) is 8.99. The van der Waals surface area contributed by atoms with Crippen LogP contribution in [-0.2, 0) is 9.53 Å². The highest BCUT2D eigenvalue weighted by atomic mass is 16.5. The van der Waals surface area contributed by atoms with Gasteiger partial charge in [0.1, 0.15) is 0 Å². The quantitative estimate of drug-likeness (QED) is 0.499. The average Bonchev–Trinajstić information content (AvgIpc) is 3.19. The predicted octanol–water partition coefficient (Wildman–Crippen LogP) is 5.72. The minimum Gasteiger partial charge on any atom is -0.391 e. The van der Waals surface area contributed by atoms with E-state index in [-0.39, 0.29) is 5.91 Å². The molecule has 2 aliphatic carbocycles. The van der Waals surface area contributed by atoms with E-state index in [1.54, 1.807) is 7.11 Å². The van der Waals surface area contributed by atoms with Crippen LogP contribution in [0.5, 0.6) is 0 Å². The number of rotatable bonds is 6. The summed E-state index contributed by atoms with van der Waals surface area (Å²) in [6, 6.07) is 0.427. The Kier molecular flexibility index (Phi) is 14.6. The van der Waals surface area contributed by atoms with Crippen molar-refractivity contribution in [3.05, 3.63) is 47.9 Å². The summed E-state index contributed by atoms with van der Waals surface area (Å²) in [5.74, 6) is 0.231. The predicted molar refractivity (Wildman–Crippen MR) is 141 cm³/mol.